The summed E-state index contributed by atoms with van der Waals surface area (Å²) >= 11 is 0. The molecule has 0 aromatic heterocycles. The van der Waals surface area contributed by atoms with Gasteiger partial charge >= 0.3 is 12.2 Å². The lowest BCUT2D eigenvalue weighted by atomic mass is 9.55. The van der Waals surface area contributed by atoms with Crippen LogP contribution in [-0.4, -0.2) is 97.3 Å². The van der Waals surface area contributed by atoms with Gasteiger partial charge in [0.1, 0.15) is 17.5 Å². The second-order valence-corrected chi connectivity index (χ2v) is 18.1. The van der Waals surface area contributed by atoms with Crippen LogP contribution in [0.25, 0.3) is 0 Å². The van der Waals surface area contributed by atoms with Crippen LogP contribution < -0.4 is 14.8 Å². The van der Waals surface area contributed by atoms with Gasteiger partial charge in [-0.15, -0.1) is 6.58 Å². The van der Waals surface area contributed by atoms with Crippen LogP contribution in [0.1, 0.15) is 167 Å². The van der Waals surface area contributed by atoms with Crippen molar-refractivity contribution in [3.63, 3.8) is 0 Å². The van der Waals surface area contributed by atoms with Gasteiger partial charge in [0.2, 0.25) is 12.1 Å². The fraction of sp³-hybridized carbons (Fsp3) is 0.745. The molecule has 1 saturated carbocycles. The molecule has 2 aliphatic heterocycles. The summed E-state index contributed by atoms with van der Waals surface area (Å²) in [5.74, 6) is -1.09. The zero-order valence-electron chi connectivity index (χ0n) is 39.4. The van der Waals surface area contributed by atoms with Crippen molar-refractivity contribution < 1.29 is 48.3 Å². The molecule has 0 spiro atoms. The molecular weight excluding hydrogens is 815 g/mol. The van der Waals surface area contributed by atoms with Gasteiger partial charge in [0.25, 0.3) is 0 Å². The van der Waals surface area contributed by atoms with Gasteiger partial charge < -0.3 is 44.1 Å². The van der Waals surface area contributed by atoms with Crippen LogP contribution in [-0.2, 0) is 19.0 Å². The molecule has 7 atom stereocenters. The second kappa shape index (κ2) is 27.7. The minimum absolute atomic E-state index is 0.0265. The molecule has 2 aliphatic carbocycles. The minimum atomic E-state index is -1.41. The van der Waals surface area contributed by atoms with E-state index in [1.165, 1.54) is 44.9 Å². The number of amides is 2. The Labute approximate surface area is 383 Å². The van der Waals surface area contributed by atoms with Crippen LogP contribution in [0.2, 0.25) is 0 Å². The average Bonchev–Trinajstić information content (AvgIpc) is 3.30. The van der Waals surface area contributed by atoms with Gasteiger partial charge in [-0.3, -0.25) is 4.90 Å². The number of nitrogens with zero attached hydrogens (tertiary/aromatic N) is 2. The van der Waals surface area contributed by atoms with Gasteiger partial charge in [0.05, 0.1) is 31.5 Å². The van der Waals surface area contributed by atoms with Crippen LogP contribution >= 0.6 is 0 Å². The van der Waals surface area contributed by atoms with E-state index in [2.05, 4.69) is 31.8 Å². The van der Waals surface area contributed by atoms with Crippen molar-refractivity contribution in [2.75, 3.05) is 46.1 Å². The largest absolute Gasteiger partial charge is 0.459 e. The monoisotopic (exact) mass is 896 g/mol. The fourth-order valence-electron chi connectivity index (χ4n) is 10.4. The van der Waals surface area contributed by atoms with E-state index in [-0.39, 0.29) is 44.0 Å². The van der Waals surface area contributed by atoms with Crippen molar-refractivity contribution in [2.45, 2.75) is 180 Å². The molecule has 0 bridgehead atoms. The molecule has 1 aromatic carbocycles. The summed E-state index contributed by atoms with van der Waals surface area (Å²) in [5, 5.41) is 27.5. The first-order valence-electron chi connectivity index (χ1n) is 25.1. The highest BCUT2D eigenvalue weighted by molar-refractivity contribution is 6.03. The summed E-state index contributed by atoms with van der Waals surface area (Å²) in [4.78, 5) is 35.4. The minimum Gasteiger partial charge on any atom is -0.459 e. The number of benzene rings is 1. The summed E-state index contributed by atoms with van der Waals surface area (Å²) in [5.41, 5.74) is 2.52. The van der Waals surface area contributed by atoms with Gasteiger partial charge in [-0.05, 0) is 93.9 Å². The summed E-state index contributed by atoms with van der Waals surface area (Å²) in [6.45, 7) is 12.3. The van der Waals surface area contributed by atoms with Crippen molar-refractivity contribution >= 4 is 17.9 Å². The molecule has 1 saturated heterocycles. The molecule has 2 fully saturated rings. The van der Waals surface area contributed by atoms with Crippen LogP contribution in [0.4, 0.5) is 9.59 Å². The van der Waals surface area contributed by atoms with Gasteiger partial charge in [-0.1, -0.05) is 102 Å². The lowest BCUT2D eigenvalue weighted by Crippen LogP contribution is -2.70. The number of carbonyl (C=O) groups excluding carboxylic acids is 2. The van der Waals surface area contributed by atoms with Crippen LogP contribution in [0, 0.1) is 17.8 Å². The summed E-state index contributed by atoms with van der Waals surface area (Å²) in [6.07, 6.45) is 22.6. The maximum Gasteiger partial charge on any atom is 0.412 e. The van der Waals surface area contributed by atoms with E-state index in [1.807, 2.05) is 19.1 Å². The Balaban J connectivity index is 1.58. The topological polar surface area (TPSA) is 158 Å². The smallest absolute Gasteiger partial charge is 0.412 e. The molecular formula is C51H81N3O10. The fourth-order valence-corrected chi connectivity index (χ4v) is 10.4. The summed E-state index contributed by atoms with van der Waals surface area (Å²) < 4.78 is 32.3. The number of unbranched alkanes of at least 4 members (excludes halogenated alkanes) is 11. The maximum atomic E-state index is 14.6. The van der Waals surface area contributed by atoms with E-state index in [4.69, 9.17) is 33.7 Å². The Morgan fingerprint density at radius 2 is 1.67 bits per heavy atom. The lowest BCUT2D eigenvalue weighted by molar-refractivity contribution is -0.255. The maximum absolute atomic E-state index is 14.6. The van der Waals surface area contributed by atoms with Gasteiger partial charge in [-0.2, -0.15) is 0 Å². The number of carbonyl (C=O) groups is 2. The predicted molar refractivity (Wildman–Crippen MR) is 250 cm³/mol. The molecule has 13 heteroatoms. The molecule has 5 rings (SSSR count). The zero-order valence-corrected chi connectivity index (χ0v) is 39.4. The van der Waals surface area contributed by atoms with Gasteiger partial charge in [-0.25, -0.2) is 9.59 Å². The molecule has 2 heterocycles. The molecule has 4 aliphatic rings. The van der Waals surface area contributed by atoms with Crippen molar-refractivity contribution in [3.8, 4) is 11.5 Å². The normalized spacial score (nSPS) is 25.3. The Morgan fingerprint density at radius 3 is 2.34 bits per heavy atom. The van der Waals surface area contributed by atoms with E-state index in [0.29, 0.717) is 62.8 Å². The van der Waals surface area contributed by atoms with Crippen molar-refractivity contribution in [2.24, 2.45) is 22.9 Å². The first kappa shape index (κ1) is 51.3. The Kier molecular flexibility index (Phi) is 22.3. The van der Waals surface area contributed by atoms with Crippen molar-refractivity contribution in [1.29, 1.82) is 0 Å². The molecule has 0 radical (unpaired) electrons. The third-order valence-corrected chi connectivity index (χ3v) is 13.4. The quantitative estimate of drug-likeness (QED) is 0.0402. The number of allylic oxidation sites excluding steroid dienone is 1. The average molecular weight is 896 g/mol. The highest BCUT2D eigenvalue weighted by atomic mass is 16.8. The van der Waals surface area contributed by atoms with Gasteiger partial charge in [0, 0.05) is 50.6 Å². The number of rotatable bonds is 29. The van der Waals surface area contributed by atoms with E-state index in [1.54, 1.807) is 17.0 Å². The van der Waals surface area contributed by atoms with E-state index >= 15 is 0 Å². The zero-order chi connectivity index (χ0) is 45.6. The van der Waals surface area contributed by atoms with Crippen molar-refractivity contribution in [1.82, 2.24) is 10.2 Å². The highest BCUT2D eigenvalue weighted by Crippen LogP contribution is 2.62. The molecule has 1 aromatic rings. The summed E-state index contributed by atoms with van der Waals surface area (Å²) in [6, 6.07) is 4.81. The molecule has 2 amide bonds. The number of nitrogens with one attached hydrogen (secondary N) is 1. The lowest BCUT2D eigenvalue weighted by Gasteiger charge is -2.59. The number of oxime groups is 1. The molecule has 13 nitrogen and oxygen atoms in total. The van der Waals surface area contributed by atoms with E-state index in [0.717, 1.165) is 75.3 Å². The molecule has 3 N–H and O–H groups in total. The standard InChI is InChI=1S/C51H81N3O10/c1-5-9-10-11-12-13-14-15-16-22-34-60-50(58)54(29-6-2)45-37-43(53-64-46-26-19-23-33-59-46)41-35-38(24-17-20-30-55)40(25-18-21-31-56)47-42-36-39(62-49(57)52-8-4)27-28-44(42)63-51(45,48(41)47)61-32-7-3/h7,27-28,35-36,38,40,45-48,55-56H,3,5-6,8-26,29-34,37H2,1-2,4H3,(H,52,57). The molecule has 360 valence electrons. The predicted octanol–water partition coefficient (Wildman–Crippen LogP) is 10.7. The Hall–Kier alpha value is -3.65. The van der Waals surface area contributed by atoms with Crippen LogP contribution in [0.15, 0.2) is 47.7 Å². The SMILES string of the molecule is C=CCOC12Oc3ccc(OC(=O)NCC)cc3C3C(CCCCO)C(CCCCO)C=C(C(=NOC4CCCCO4)CC1N(CCC)C(=O)OCCCCCCCCCCCC)C32. The first-order chi connectivity index (χ1) is 31.3. The van der Waals surface area contributed by atoms with Crippen LogP contribution in [0.3, 0.4) is 0 Å². The Morgan fingerprint density at radius 1 is 0.938 bits per heavy atom. The van der Waals surface area contributed by atoms with Crippen LogP contribution in [0.5, 0.6) is 11.5 Å². The number of ether oxygens (including phenoxy) is 5. The third kappa shape index (κ3) is 13.9. The van der Waals surface area contributed by atoms with E-state index < -0.39 is 36.2 Å². The Bertz CT molecular complexity index is 1630. The number of aliphatic hydroxyl groups is 2. The van der Waals surface area contributed by atoms with Crippen molar-refractivity contribution in [3.05, 3.63) is 48.1 Å². The number of hydrogen-bond donors (Lipinski definition) is 3. The molecule has 7 unspecified atom stereocenters. The number of fused-ring (bicyclic) bond motifs is 2. The molecule has 64 heavy (non-hydrogen) atoms. The highest BCUT2D eigenvalue weighted by Gasteiger charge is 2.65. The summed E-state index contributed by atoms with van der Waals surface area (Å²) in [7, 11) is 0. The first-order valence-corrected chi connectivity index (χ1v) is 25.1. The number of aliphatic hydroxyl groups excluding tert-OH is 2. The van der Waals surface area contributed by atoms with E-state index in [9.17, 15) is 19.8 Å². The third-order valence-electron chi connectivity index (χ3n) is 13.4. The number of hydrogen-bond acceptors (Lipinski definition) is 11. The van der Waals surface area contributed by atoms with Gasteiger partial charge in [0.15, 0.2) is 0 Å². The second-order valence-electron chi connectivity index (χ2n) is 18.1.